The summed E-state index contributed by atoms with van der Waals surface area (Å²) in [5.41, 5.74) is 7.85. The van der Waals surface area contributed by atoms with E-state index in [1.54, 1.807) is 25.3 Å². The highest BCUT2D eigenvalue weighted by molar-refractivity contribution is 9.10. The van der Waals surface area contributed by atoms with Gasteiger partial charge in [-0.05, 0) is 36.4 Å². The minimum atomic E-state index is -0.682. The first-order valence-corrected chi connectivity index (χ1v) is 11.6. The van der Waals surface area contributed by atoms with Crippen molar-refractivity contribution < 1.29 is 23.7 Å². The Hall–Kier alpha value is -3.38. The summed E-state index contributed by atoms with van der Waals surface area (Å²) in [7, 11) is 2.97. The van der Waals surface area contributed by atoms with E-state index in [2.05, 4.69) is 22.0 Å². The van der Waals surface area contributed by atoms with Crippen molar-refractivity contribution in [3.8, 4) is 29.1 Å². The van der Waals surface area contributed by atoms with Crippen LogP contribution < -0.4 is 24.7 Å². The molecule has 178 valence electrons. The zero-order chi connectivity index (χ0) is 25.3. The zero-order valence-corrected chi connectivity index (χ0v) is 21.5. The number of ether oxygens (including phenoxy) is 4. The first-order chi connectivity index (χ1) is 16.8. The van der Waals surface area contributed by atoms with Crippen LogP contribution in [0.2, 0.25) is 10.0 Å². The van der Waals surface area contributed by atoms with E-state index in [1.165, 1.54) is 25.3 Å². The van der Waals surface area contributed by atoms with Gasteiger partial charge in [0.1, 0.15) is 28.9 Å². The summed E-state index contributed by atoms with van der Waals surface area (Å²) in [4.78, 5) is 12.7. The molecule has 1 aliphatic rings. The smallest absolute Gasteiger partial charge is 0.343 e. The summed E-state index contributed by atoms with van der Waals surface area (Å²) in [6.45, 7) is 0. The van der Waals surface area contributed by atoms with Crippen LogP contribution in [-0.4, -0.2) is 20.2 Å². The molecule has 1 unspecified atom stereocenters. The molecular weight excluding hydrogens is 559 g/mol. The fraction of sp³-hybridized carbons (Fsp3) is 0.120. The molecule has 0 saturated heterocycles. The van der Waals surface area contributed by atoms with Gasteiger partial charge < -0.3 is 24.7 Å². The highest BCUT2D eigenvalue weighted by Gasteiger charge is 2.33. The maximum atomic E-state index is 12.7. The van der Waals surface area contributed by atoms with Gasteiger partial charge in [0.25, 0.3) is 0 Å². The van der Waals surface area contributed by atoms with Crippen LogP contribution in [0.15, 0.2) is 64.5 Å². The Morgan fingerprint density at radius 3 is 2.40 bits per heavy atom. The van der Waals surface area contributed by atoms with Gasteiger partial charge in [-0.15, -0.1) is 0 Å². The van der Waals surface area contributed by atoms with Crippen LogP contribution in [0.3, 0.4) is 0 Å². The number of nitrogens with two attached hydrogens (primary N) is 1. The molecule has 0 aliphatic carbocycles. The lowest BCUT2D eigenvalue weighted by Crippen LogP contribution is -2.21. The number of carbonyl (C=O) groups excluding carboxylic acids is 1. The fourth-order valence-electron chi connectivity index (χ4n) is 3.79. The lowest BCUT2D eigenvalue weighted by atomic mass is 9.83. The Morgan fingerprint density at radius 1 is 1.06 bits per heavy atom. The molecule has 0 amide bonds. The molecule has 1 heterocycles. The molecule has 2 N–H and O–H groups in total. The first-order valence-electron chi connectivity index (χ1n) is 10.1. The highest BCUT2D eigenvalue weighted by atomic mass is 79.9. The molecule has 3 aromatic carbocycles. The largest absolute Gasteiger partial charge is 0.496 e. The predicted molar refractivity (Wildman–Crippen MR) is 134 cm³/mol. The molecule has 3 aromatic rings. The average molecular weight is 576 g/mol. The summed E-state index contributed by atoms with van der Waals surface area (Å²) < 4.78 is 22.7. The molecule has 0 saturated carbocycles. The summed E-state index contributed by atoms with van der Waals surface area (Å²) in [6.07, 6.45) is 0. The number of halogens is 3. The number of fused-ring (bicyclic) bond motifs is 1. The minimum Gasteiger partial charge on any atom is -0.496 e. The van der Waals surface area contributed by atoms with E-state index in [4.69, 9.17) is 47.9 Å². The van der Waals surface area contributed by atoms with E-state index in [9.17, 15) is 10.1 Å². The summed E-state index contributed by atoms with van der Waals surface area (Å²) in [5.74, 6) is 0.0876. The lowest BCUT2D eigenvalue weighted by Gasteiger charge is -2.27. The molecule has 0 aromatic heterocycles. The van der Waals surface area contributed by atoms with Gasteiger partial charge in [0.2, 0.25) is 5.88 Å². The van der Waals surface area contributed by atoms with Crippen molar-refractivity contribution in [3.63, 3.8) is 0 Å². The molecule has 0 bridgehead atoms. The molecule has 35 heavy (non-hydrogen) atoms. The maximum absolute atomic E-state index is 12.7. The molecule has 1 atom stereocenters. The number of nitriles is 1. The molecule has 0 spiro atoms. The quantitative estimate of drug-likeness (QED) is 0.285. The number of benzene rings is 3. The Bertz CT molecular complexity index is 1390. The average Bonchev–Trinajstić information content (AvgIpc) is 2.82. The van der Waals surface area contributed by atoms with Gasteiger partial charge in [-0.3, -0.25) is 0 Å². The summed E-state index contributed by atoms with van der Waals surface area (Å²) >= 11 is 15.7. The van der Waals surface area contributed by atoms with Crippen LogP contribution in [0, 0.1) is 11.3 Å². The Balaban J connectivity index is 1.72. The van der Waals surface area contributed by atoms with Crippen LogP contribution in [0.25, 0.3) is 0 Å². The third-order valence-corrected chi connectivity index (χ3v) is 6.40. The first kappa shape index (κ1) is 24.7. The van der Waals surface area contributed by atoms with Crippen LogP contribution in [-0.2, 0) is 0 Å². The number of rotatable bonds is 5. The van der Waals surface area contributed by atoms with Gasteiger partial charge in [0, 0.05) is 21.7 Å². The van der Waals surface area contributed by atoms with Crippen LogP contribution >= 0.6 is 39.1 Å². The molecule has 7 nitrogen and oxygen atoms in total. The fourth-order valence-corrected chi connectivity index (χ4v) is 4.81. The van der Waals surface area contributed by atoms with Gasteiger partial charge in [-0.1, -0.05) is 45.2 Å². The van der Waals surface area contributed by atoms with E-state index in [-0.39, 0.29) is 38.6 Å². The number of nitrogens with zero attached hydrogens (tertiary/aromatic N) is 1. The van der Waals surface area contributed by atoms with Crippen molar-refractivity contribution in [2.75, 3.05) is 14.2 Å². The van der Waals surface area contributed by atoms with Crippen molar-refractivity contribution >= 4 is 45.1 Å². The number of methoxy groups -OCH3 is 2. The van der Waals surface area contributed by atoms with Crippen molar-refractivity contribution in [2.24, 2.45) is 5.73 Å². The standard InChI is InChI=1S/C25H17BrCl2N2O5/c1-32-20-6-3-13(26)9-16(20)22-15-5-4-14(10-21(15)35-24(30)17(22)11-29)34-25(31)12-7-18(27)23(33-2)19(28)8-12/h3-10,22H,30H2,1-2H3. The minimum absolute atomic E-state index is 0.0516. The van der Waals surface area contributed by atoms with Crippen molar-refractivity contribution in [1.82, 2.24) is 0 Å². The number of hydrogen-bond donors (Lipinski definition) is 1. The molecule has 0 fully saturated rings. The Morgan fingerprint density at radius 2 is 1.77 bits per heavy atom. The van der Waals surface area contributed by atoms with Gasteiger partial charge in [-0.25, -0.2) is 4.79 Å². The molecular formula is C25H17BrCl2N2O5. The lowest BCUT2D eigenvalue weighted by molar-refractivity contribution is 0.0734. The predicted octanol–water partition coefficient (Wildman–Crippen LogP) is 6.21. The molecule has 0 radical (unpaired) electrons. The normalized spacial score (nSPS) is 14.5. The molecule has 10 heteroatoms. The van der Waals surface area contributed by atoms with Gasteiger partial charge in [0.05, 0.1) is 35.7 Å². The zero-order valence-electron chi connectivity index (χ0n) is 18.4. The second-order valence-corrected chi connectivity index (χ2v) is 9.10. The maximum Gasteiger partial charge on any atom is 0.343 e. The third kappa shape index (κ3) is 4.76. The van der Waals surface area contributed by atoms with Gasteiger partial charge in [-0.2, -0.15) is 5.26 Å². The number of carbonyl (C=O) groups is 1. The molecule has 1 aliphatic heterocycles. The van der Waals surface area contributed by atoms with E-state index >= 15 is 0 Å². The Labute approximate surface area is 219 Å². The third-order valence-electron chi connectivity index (χ3n) is 5.34. The van der Waals surface area contributed by atoms with E-state index in [0.29, 0.717) is 17.1 Å². The topological polar surface area (TPSA) is 104 Å². The van der Waals surface area contributed by atoms with Crippen molar-refractivity contribution in [1.29, 1.82) is 5.26 Å². The SMILES string of the molecule is COc1ccc(Br)cc1C1C(C#N)=C(N)Oc2cc(OC(=O)c3cc(Cl)c(OC)c(Cl)c3)ccc21. The van der Waals surface area contributed by atoms with Gasteiger partial charge >= 0.3 is 5.97 Å². The summed E-state index contributed by atoms with van der Waals surface area (Å²) in [6, 6.07) is 15.3. The van der Waals surface area contributed by atoms with Crippen molar-refractivity contribution in [2.45, 2.75) is 5.92 Å². The number of allylic oxidation sites excluding steroid dienone is 1. The van der Waals surface area contributed by atoms with E-state index in [0.717, 1.165) is 10.0 Å². The number of esters is 1. The monoisotopic (exact) mass is 574 g/mol. The Kier molecular flexibility index (Phi) is 7.13. The van der Waals surface area contributed by atoms with E-state index in [1.807, 2.05) is 12.1 Å². The van der Waals surface area contributed by atoms with Crippen molar-refractivity contribution in [3.05, 3.63) is 91.2 Å². The number of hydrogen-bond acceptors (Lipinski definition) is 7. The second kappa shape index (κ2) is 10.1. The van der Waals surface area contributed by atoms with Crippen LogP contribution in [0.4, 0.5) is 0 Å². The van der Waals surface area contributed by atoms with Gasteiger partial charge in [0.15, 0.2) is 5.75 Å². The van der Waals surface area contributed by atoms with Crippen LogP contribution in [0.1, 0.15) is 27.4 Å². The molecule has 4 rings (SSSR count). The van der Waals surface area contributed by atoms with E-state index < -0.39 is 11.9 Å². The second-order valence-electron chi connectivity index (χ2n) is 7.37. The highest BCUT2D eigenvalue weighted by Crippen LogP contribution is 2.46. The summed E-state index contributed by atoms with van der Waals surface area (Å²) in [5, 5.41) is 10.2. The van der Waals surface area contributed by atoms with Crippen LogP contribution in [0.5, 0.6) is 23.0 Å².